The van der Waals surface area contributed by atoms with Crippen LogP contribution in [0.1, 0.15) is 68.2 Å². The van der Waals surface area contributed by atoms with E-state index in [1.807, 2.05) is 24.3 Å². The van der Waals surface area contributed by atoms with Gasteiger partial charge in [-0.2, -0.15) is 5.26 Å². The Bertz CT molecular complexity index is 917. The molecule has 0 spiro atoms. The minimum Gasteiger partial charge on any atom is -0.490 e. The molecule has 1 aliphatic carbocycles. The number of hydrogen-bond donors (Lipinski definition) is 2. The van der Waals surface area contributed by atoms with Gasteiger partial charge in [-0.3, -0.25) is 5.10 Å². The summed E-state index contributed by atoms with van der Waals surface area (Å²) in [6, 6.07) is 10.2. The van der Waals surface area contributed by atoms with Crippen LogP contribution in [0.25, 0.3) is 0 Å². The quantitative estimate of drug-likeness (QED) is 0.852. The SMILES string of the molecule is CC(C)c1[nH]nc2c1[C@@H](c1cccc(OC3CCCC3)c1)C(C#N)=C(N)O2. The standard InChI is InChI=1S/C21H24N4O2/c1-12(2)19-18-17(16(11-22)20(23)27-21(18)25-24-19)13-6-5-9-15(10-13)26-14-7-3-4-8-14/h5-6,9-10,12,14,17H,3-4,7-8,23H2,1-2H3,(H,24,25)/t17-/m0/s1. The second-order valence-corrected chi connectivity index (χ2v) is 7.53. The minimum atomic E-state index is -0.318. The molecule has 6 heteroatoms. The minimum absolute atomic E-state index is 0.110. The summed E-state index contributed by atoms with van der Waals surface area (Å²) < 4.78 is 11.8. The second kappa shape index (κ2) is 6.99. The van der Waals surface area contributed by atoms with Crippen LogP contribution in [-0.4, -0.2) is 16.3 Å². The van der Waals surface area contributed by atoms with Crippen LogP contribution in [0.3, 0.4) is 0 Å². The molecule has 3 N–H and O–H groups in total. The summed E-state index contributed by atoms with van der Waals surface area (Å²) >= 11 is 0. The van der Waals surface area contributed by atoms with Gasteiger partial charge in [0.25, 0.3) is 0 Å². The van der Waals surface area contributed by atoms with Crippen LogP contribution >= 0.6 is 0 Å². The van der Waals surface area contributed by atoms with Gasteiger partial charge in [0.15, 0.2) is 0 Å². The van der Waals surface area contributed by atoms with E-state index in [1.54, 1.807) is 0 Å². The zero-order valence-corrected chi connectivity index (χ0v) is 15.7. The number of nitrogens with zero attached hydrogens (tertiary/aromatic N) is 2. The molecule has 0 bridgehead atoms. The molecule has 27 heavy (non-hydrogen) atoms. The predicted molar refractivity (Wildman–Crippen MR) is 101 cm³/mol. The van der Waals surface area contributed by atoms with E-state index < -0.39 is 0 Å². The third-order valence-corrected chi connectivity index (χ3v) is 5.34. The summed E-state index contributed by atoms with van der Waals surface area (Å²) in [5.41, 5.74) is 9.24. The number of H-pyrrole nitrogens is 1. The third kappa shape index (κ3) is 3.14. The van der Waals surface area contributed by atoms with E-state index in [0.717, 1.165) is 35.4 Å². The van der Waals surface area contributed by atoms with Crippen LogP contribution in [0.2, 0.25) is 0 Å². The van der Waals surface area contributed by atoms with Crippen LogP contribution in [0.5, 0.6) is 11.6 Å². The number of aromatic amines is 1. The van der Waals surface area contributed by atoms with E-state index in [2.05, 4.69) is 30.1 Å². The van der Waals surface area contributed by atoms with Crippen molar-refractivity contribution in [1.82, 2.24) is 10.2 Å². The van der Waals surface area contributed by atoms with Gasteiger partial charge in [0.2, 0.25) is 11.8 Å². The first-order valence-corrected chi connectivity index (χ1v) is 9.50. The second-order valence-electron chi connectivity index (χ2n) is 7.53. The third-order valence-electron chi connectivity index (χ3n) is 5.34. The lowest BCUT2D eigenvalue weighted by Gasteiger charge is -2.25. The van der Waals surface area contributed by atoms with E-state index in [0.29, 0.717) is 11.5 Å². The maximum absolute atomic E-state index is 9.76. The molecule has 4 rings (SSSR count). The summed E-state index contributed by atoms with van der Waals surface area (Å²) in [4.78, 5) is 0. The fraction of sp³-hybridized carbons (Fsp3) is 0.429. The first-order valence-electron chi connectivity index (χ1n) is 9.50. The monoisotopic (exact) mass is 364 g/mol. The highest BCUT2D eigenvalue weighted by atomic mass is 16.5. The Balaban J connectivity index is 1.77. The number of aromatic nitrogens is 2. The Hall–Kier alpha value is -2.94. The molecule has 2 aromatic rings. The Labute approximate surface area is 159 Å². The molecule has 1 aromatic carbocycles. The number of hydrogen-bond acceptors (Lipinski definition) is 5. The van der Waals surface area contributed by atoms with Crippen molar-refractivity contribution in [1.29, 1.82) is 5.26 Å². The number of nitriles is 1. The van der Waals surface area contributed by atoms with Gasteiger partial charge < -0.3 is 15.2 Å². The van der Waals surface area contributed by atoms with Gasteiger partial charge in [-0.25, -0.2) is 0 Å². The molecule has 0 unspecified atom stereocenters. The molecule has 1 aliphatic heterocycles. The zero-order valence-electron chi connectivity index (χ0n) is 15.7. The molecule has 1 atom stereocenters. The number of fused-ring (bicyclic) bond motifs is 1. The van der Waals surface area contributed by atoms with Crippen LogP contribution < -0.4 is 15.2 Å². The van der Waals surface area contributed by atoms with Crippen LogP contribution in [0, 0.1) is 11.3 Å². The number of benzene rings is 1. The summed E-state index contributed by atoms with van der Waals surface area (Å²) in [6.07, 6.45) is 4.92. The largest absolute Gasteiger partial charge is 0.490 e. The molecule has 140 valence electrons. The van der Waals surface area contributed by atoms with Gasteiger partial charge in [-0.15, -0.1) is 5.10 Å². The molecule has 2 heterocycles. The normalized spacial score (nSPS) is 19.7. The topological polar surface area (TPSA) is 97.0 Å². The number of nitrogens with two attached hydrogens (primary N) is 1. The Morgan fingerprint density at radius 3 is 2.81 bits per heavy atom. The average molecular weight is 364 g/mol. The number of allylic oxidation sites excluding steroid dienone is 1. The fourth-order valence-electron chi connectivity index (χ4n) is 4.01. The van der Waals surface area contributed by atoms with Gasteiger partial charge >= 0.3 is 0 Å². The summed E-state index contributed by atoms with van der Waals surface area (Å²) in [5.74, 6) is 1.28. The first-order chi connectivity index (χ1) is 13.1. The predicted octanol–water partition coefficient (Wildman–Crippen LogP) is 4.07. The highest BCUT2D eigenvalue weighted by Gasteiger charge is 2.36. The molecular formula is C21H24N4O2. The molecule has 6 nitrogen and oxygen atoms in total. The van der Waals surface area contributed by atoms with Crippen molar-refractivity contribution in [3.05, 3.63) is 52.5 Å². The van der Waals surface area contributed by atoms with Gasteiger partial charge in [0.05, 0.1) is 17.6 Å². The molecule has 0 saturated heterocycles. The molecule has 0 radical (unpaired) electrons. The van der Waals surface area contributed by atoms with Crippen molar-refractivity contribution >= 4 is 0 Å². The highest BCUT2D eigenvalue weighted by Crippen LogP contribution is 2.45. The Morgan fingerprint density at radius 2 is 2.11 bits per heavy atom. The van der Waals surface area contributed by atoms with Crippen LogP contribution in [0.4, 0.5) is 0 Å². The molecule has 2 aliphatic rings. The van der Waals surface area contributed by atoms with E-state index in [4.69, 9.17) is 15.2 Å². The molecule has 1 saturated carbocycles. The van der Waals surface area contributed by atoms with Crippen LogP contribution in [-0.2, 0) is 0 Å². The molecule has 1 aromatic heterocycles. The van der Waals surface area contributed by atoms with Crippen molar-refractivity contribution in [3.63, 3.8) is 0 Å². The Morgan fingerprint density at radius 1 is 1.33 bits per heavy atom. The smallest absolute Gasteiger partial charge is 0.244 e. The molecular weight excluding hydrogens is 340 g/mol. The van der Waals surface area contributed by atoms with Gasteiger partial charge in [-0.05, 0) is 49.3 Å². The van der Waals surface area contributed by atoms with E-state index in [-0.39, 0.29) is 23.8 Å². The molecule has 0 amide bonds. The van der Waals surface area contributed by atoms with Gasteiger partial charge in [0, 0.05) is 5.69 Å². The maximum Gasteiger partial charge on any atom is 0.244 e. The van der Waals surface area contributed by atoms with Gasteiger partial charge in [-0.1, -0.05) is 26.0 Å². The van der Waals surface area contributed by atoms with E-state index in [9.17, 15) is 5.26 Å². The van der Waals surface area contributed by atoms with E-state index in [1.165, 1.54) is 12.8 Å². The number of nitrogens with one attached hydrogen (secondary N) is 1. The average Bonchev–Trinajstić information content (AvgIpc) is 3.30. The maximum atomic E-state index is 9.76. The molecule has 1 fully saturated rings. The first kappa shape index (κ1) is 17.5. The zero-order chi connectivity index (χ0) is 19.0. The summed E-state index contributed by atoms with van der Waals surface area (Å²) in [5, 5.41) is 17.1. The number of ether oxygens (including phenoxy) is 2. The Kier molecular flexibility index (Phi) is 4.53. The summed E-state index contributed by atoms with van der Waals surface area (Å²) in [6.45, 7) is 4.16. The van der Waals surface area contributed by atoms with Crippen molar-refractivity contribution in [2.75, 3.05) is 0 Å². The lowest BCUT2D eigenvalue weighted by Crippen LogP contribution is -2.21. The van der Waals surface area contributed by atoms with Crippen LogP contribution in [0.15, 0.2) is 35.7 Å². The van der Waals surface area contributed by atoms with Gasteiger partial charge in [0.1, 0.15) is 17.4 Å². The van der Waals surface area contributed by atoms with E-state index >= 15 is 0 Å². The van der Waals surface area contributed by atoms with Crippen molar-refractivity contribution in [2.45, 2.75) is 57.5 Å². The lowest BCUT2D eigenvalue weighted by atomic mass is 9.82. The van der Waals surface area contributed by atoms with Crippen molar-refractivity contribution < 1.29 is 9.47 Å². The highest BCUT2D eigenvalue weighted by molar-refractivity contribution is 5.56. The number of rotatable bonds is 4. The van der Waals surface area contributed by atoms with Crippen molar-refractivity contribution in [2.24, 2.45) is 5.73 Å². The van der Waals surface area contributed by atoms with Crippen molar-refractivity contribution in [3.8, 4) is 17.7 Å². The lowest BCUT2D eigenvalue weighted by molar-refractivity contribution is 0.210. The fourth-order valence-corrected chi connectivity index (χ4v) is 4.01. The summed E-state index contributed by atoms with van der Waals surface area (Å²) in [7, 11) is 0.